The van der Waals surface area contributed by atoms with Gasteiger partial charge >= 0.3 is 0 Å². The first-order valence-corrected chi connectivity index (χ1v) is 8.92. The lowest BCUT2D eigenvalue weighted by molar-refractivity contribution is -0.137. The smallest absolute Gasteiger partial charge is 0.225 e. The van der Waals surface area contributed by atoms with Crippen LogP contribution in [0, 0.1) is 17.3 Å². The monoisotopic (exact) mass is 329 g/mol. The first-order chi connectivity index (χ1) is 8.93. The van der Waals surface area contributed by atoms with Gasteiger partial charge in [0.15, 0.2) is 0 Å². The number of halogens is 1. The van der Waals surface area contributed by atoms with E-state index >= 15 is 0 Å². The Balaban J connectivity index is 1.89. The van der Waals surface area contributed by atoms with Crippen LogP contribution in [0.1, 0.15) is 59.3 Å². The molecule has 0 N–H and O–H groups in total. The average molecular weight is 330 g/mol. The van der Waals surface area contributed by atoms with Crippen molar-refractivity contribution in [2.45, 2.75) is 65.3 Å². The number of likely N-dealkylation sites (tertiary alicyclic amines) is 1. The van der Waals surface area contributed by atoms with E-state index < -0.39 is 0 Å². The molecule has 1 amide bonds. The minimum Gasteiger partial charge on any atom is -0.339 e. The number of hydrogen-bond donors (Lipinski definition) is 0. The van der Waals surface area contributed by atoms with Gasteiger partial charge in [-0.1, -0.05) is 36.7 Å². The largest absolute Gasteiger partial charge is 0.339 e. The molecule has 0 aromatic carbocycles. The standard InChI is InChI=1S/C16H28BrNO/c1-16(2,3)13-8-6-12(7-9-13)15(19)18-10-4-5-14(18)11-17/h12-14H,4-11H2,1-3H3. The lowest BCUT2D eigenvalue weighted by Gasteiger charge is -2.38. The van der Waals surface area contributed by atoms with Crippen LogP contribution in [0.2, 0.25) is 0 Å². The second-order valence-electron chi connectivity index (χ2n) is 7.40. The Morgan fingerprint density at radius 3 is 2.32 bits per heavy atom. The van der Waals surface area contributed by atoms with E-state index in [0.29, 0.717) is 23.3 Å². The van der Waals surface area contributed by atoms with Crippen LogP contribution in [-0.4, -0.2) is 28.7 Å². The summed E-state index contributed by atoms with van der Waals surface area (Å²) < 4.78 is 0. The minimum atomic E-state index is 0.304. The van der Waals surface area contributed by atoms with Crippen LogP contribution in [0.4, 0.5) is 0 Å². The third-order valence-electron chi connectivity index (χ3n) is 5.14. The lowest BCUT2D eigenvalue weighted by atomic mass is 9.69. The van der Waals surface area contributed by atoms with Gasteiger partial charge < -0.3 is 4.90 Å². The zero-order valence-electron chi connectivity index (χ0n) is 12.6. The molecule has 110 valence electrons. The summed E-state index contributed by atoms with van der Waals surface area (Å²) in [6.45, 7) is 7.98. The Bertz CT molecular complexity index is 315. The summed E-state index contributed by atoms with van der Waals surface area (Å²) in [7, 11) is 0. The summed E-state index contributed by atoms with van der Waals surface area (Å²) >= 11 is 3.55. The van der Waals surface area contributed by atoms with E-state index in [2.05, 4.69) is 41.6 Å². The first-order valence-electron chi connectivity index (χ1n) is 7.80. The van der Waals surface area contributed by atoms with Crippen LogP contribution in [0.5, 0.6) is 0 Å². The minimum absolute atomic E-state index is 0.304. The molecule has 0 aromatic heterocycles. The van der Waals surface area contributed by atoms with E-state index in [9.17, 15) is 4.79 Å². The van der Waals surface area contributed by atoms with Crippen molar-refractivity contribution in [3.63, 3.8) is 0 Å². The molecule has 1 saturated carbocycles. The summed E-state index contributed by atoms with van der Waals surface area (Å²) in [5.74, 6) is 1.54. The van der Waals surface area contributed by atoms with Gasteiger partial charge in [0.2, 0.25) is 5.91 Å². The van der Waals surface area contributed by atoms with Crippen molar-refractivity contribution in [3.05, 3.63) is 0 Å². The maximum atomic E-state index is 12.6. The highest BCUT2D eigenvalue weighted by molar-refractivity contribution is 9.09. The van der Waals surface area contributed by atoms with E-state index in [1.807, 2.05) is 0 Å². The van der Waals surface area contributed by atoms with Crippen molar-refractivity contribution < 1.29 is 4.79 Å². The quantitative estimate of drug-likeness (QED) is 0.694. The number of carbonyl (C=O) groups excluding carboxylic acids is 1. The van der Waals surface area contributed by atoms with Crippen LogP contribution in [-0.2, 0) is 4.79 Å². The topological polar surface area (TPSA) is 20.3 Å². The molecule has 2 rings (SSSR count). The van der Waals surface area contributed by atoms with Crippen molar-refractivity contribution in [2.24, 2.45) is 17.3 Å². The molecule has 2 fully saturated rings. The molecule has 1 heterocycles. The molecule has 19 heavy (non-hydrogen) atoms. The second kappa shape index (κ2) is 6.15. The Labute approximate surface area is 126 Å². The zero-order valence-corrected chi connectivity index (χ0v) is 14.2. The molecule has 0 bridgehead atoms. The molecule has 0 aromatic rings. The maximum Gasteiger partial charge on any atom is 0.225 e. The van der Waals surface area contributed by atoms with E-state index in [1.165, 1.54) is 25.7 Å². The number of amides is 1. The molecule has 1 saturated heterocycles. The van der Waals surface area contributed by atoms with Crippen molar-refractivity contribution in [3.8, 4) is 0 Å². The van der Waals surface area contributed by atoms with Crippen LogP contribution in [0.25, 0.3) is 0 Å². The van der Waals surface area contributed by atoms with Crippen molar-refractivity contribution >= 4 is 21.8 Å². The molecule has 2 nitrogen and oxygen atoms in total. The van der Waals surface area contributed by atoms with Gasteiger partial charge in [0.05, 0.1) is 0 Å². The normalized spacial score (nSPS) is 32.6. The van der Waals surface area contributed by atoms with Crippen molar-refractivity contribution in [2.75, 3.05) is 11.9 Å². The van der Waals surface area contributed by atoms with E-state index in [1.54, 1.807) is 0 Å². The van der Waals surface area contributed by atoms with Crippen molar-refractivity contribution in [1.82, 2.24) is 4.90 Å². The SMILES string of the molecule is CC(C)(C)C1CCC(C(=O)N2CCCC2CBr)CC1. The summed E-state index contributed by atoms with van der Waals surface area (Å²) in [5.41, 5.74) is 0.403. The van der Waals surface area contributed by atoms with Gasteiger partial charge in [0, 0.05) is 23.8 Å². The van der Waals surface area contributed by atoms with Gasteiger partial charge in [0.25, 0.3) is 0 Å². The predicted octanol–water partition coefficient (Wildman–Crippen LogP) is 4.22. The highest BCUT2D eigenvalue weighted by Gasteiger charge is 2.36. The molecule has 1 atom stereocenters. The number of nitrogens with zero attached hydrogens (tertiary/aromatic N) is 1. The number of hydrogen-bond acceptors (Lipinski definition) is 1. The fraction of sp³-hybridized carbons (Fsp3) is 0.938. The summed E-state index contributed by atoms with van der Waals surface area (Å²) in [4.78, 5) is 14.8. The number of carbonyl (C=O) groups is 1. The van der Waals surface area contributed by atoms with Gasteiger partial charge in [-0.3, -0.25) is 4.79 Å². The molecule has 1 aliphatic heterocycles. The zero-order chi connectivity index (χ0) is 14.0. The van der Waals surface area contributed by atoms with Gasteiger partial charge in [-0.25, -0.2) is 0 Å². The van der Waals surface area contributed by atoms with E-state index in [0.717, 1.165) is 30.6 Å². The fourth-order valence-electron chi connectivity index (χ4n) is 3.73. The van der Waals surface area contributed by atoms with E-state index in [4.69, 9.17) is 0 Å². The van der Waals surface area contributed by atoms with Crippen LogP contribution in [0.3, 0.4) is 0 Å². The van der Waals surface area contributed by atoms with E-state index in [-0.39, 0.29) is 0 Å². The second-order valence-corrected chi connectivity index (χ2v) is 8.04. The van der Waals surface area contributed by atoms with Gasteiger partial charge in [-0.05, 0) is 49.9 Å². The summed E-state index contributed by atoms with van der Waals surface area (Å²) in [6.07, 6.45) is 7.02. The Morgan fingerprint density at radius 1 is 1.16 bits per heavy atom. The predicted molar refractivity (Wildman–Crippen MR) is 83.4 cm³/mol. The molecule has 1 aliphatic carbocycles. The first kappa shape index (κ1) is 15.3. The van der Waals surface area contributed by atoms with Crippen LogP contribution in [0.15, 0.2) is 0 Å². The average Bonchev–Trinajstić information content (AvgIpc) is 2.85. The molecule has 2 aliphatic rings. The Morgan fingerprint density at radius 2 is 1.79 bits per heavy atom. The van der Waals surface area contributed by atoms with Crippen LogP contribution < -0.4 is 0 Å². The molecule has 3 heteroatoms. The third kappa shape index (κ3) is 3.53. The molecule has 0 radical (unpaired) electrons. The summed E-state index contributed by atoms with van der Waals surface area (Å²) in [5, 5.41) is 0.941. The van der Waals surface area contributed by atoms with Crippen LogP contribution >= 0.6 is 15.9 Å². The lowest BCUT2D eigenvalue weighted by Crippen LogP contribution is -2.42. The number of alkyl halides is 1. The molecule has 0 spiro atoms. The molecule has 1 unspecified atom stereocenters. The fourth-order valence-corrected chi connectivity index (χ4v) is 4.40. The van der Waals surface area contributed by atoms with Gasteiger partial charge in [-0.15, -0.1) is 0 Å². The maximum absolute atomic E-state index is 12.6. The third-order valence-corrected chi connectivity index (χ3v) is 5.89. The number of rotatable bonds is 2. The van der Waals surface area contributed by atoms with Gasteiger partial charge in [-0.2, -0.15) is 0 Å². The summed E-state index contributed by atoms with van der Waals surface area (Å²) in [6, 6.07) is 0.452. The Kier molecular flexibility index (Phi) is 4.97. The highest BCUT2D eigenvalue weighted by atomic mass is 79.9. The molecular weight excluding hydrogens is 302 g/mol. The highest BCUT2D eigenvalue weighted by Crippen LogP contribution is 2.40. The van der Waals surface area contributed by atoms with Gasteiger partial charge in [0.1, 0.15) is 0 Å². The van der Waals surface area contributed by atoms with Crippen molar-refractivity contribution in [1.29, 1.82) is 0 Å². The Hall–Kier alpha value is -0.0500. The molecular formula is C16H28BrNO.